The Morgan fingerprint density at radius 3 is 2.64 bits per heavy atom. The lowest BCUT2D eigenvalue weighted by atomic mass is 10.4. The summed E-state index contributed by atoms with van der Waals surface area (Å²) in [4.78, 5) is 3.82. The van der Waals surface area contributed by atoms with Crippen LogP contribution in [0.3, 0.4) is 0 Å². The summed E-state index contributed by atoms with van der Waals surface area (Å²) in [5.41, 5.74) is 6.17. The zero-order chi connectivity index (χ0) is 8.43. The number of nitrogens with two attached hydrogens (primary N) is 2. The predicted molar refractivity (Wildman–Crippen MR) is 46.2 cm³/mol. The van der Waals surface area contributed by atoms with Gasteiger partial charge in [0.15, 0.2) is 0 Å². The van der Waals surface area contributed by atoms with Gasteiger partial charge < -0.3 is 10.7 Å². The molecule has 0 atom stereocenters. The predicted octanol–water partition coefficient (Wildman–Crippen LogP) is 0.627. The maximum Gasteiger partial charge on any atom is 0.150 e. The van der Waals surface area contributed by atoms with Gasteiger partial charge in [-0.3, -0.25) is 0 Å². The molecule has 4 N–H and O–H groups in total. The minimum absolute atomic E-state index is 0.336. The zero-order valence-electron chi connectivity index (χ0n) is 6.08. The van der Waals surface area contributed by atoms with E-state index in [0.29, 0.717) is 16.7 Å². The average Bonchev–Trinajstić information content (AvgIpc) is 1.85. The van der Waals surface area contributed by atoms with E-state index < -0.39 is 0 Å². The third kappa shape index (κ3) is 1.72. The average molecular weight is 173 g/mol. The Morgan fingerprint density at radius 2 is 2.18 bits per heavy atom. The van der Waals surface area contributed by atoms with Crippen LogP contribution in [0.1, 0.15) is 0 Å². The van der Waals surface area contributed by atoms with Crippen LogP contribution in [0.25, 0.3) is 0 Å². The third-order valence-electron chi connectivity index (χ3n) is 1.25. The van der Waals surface area contributed by atoms with Crippen molar-refractivity contribution in [1.82, 2.24) is 4.98 Å². The van der Waals surface area contributed by atoms with Crippen LogP contribution in [0.2, 0.25) is 5.15 Å². The fraction of sp³-hybridized carbons (Fsp3) is 0.167. The highest BCUT2D eigenvalue weighted by molar-refractivity contribution is 6.29. The molecule has 1 rings (SSSR count). The number of halogens is 1. The molecule has 5 heteroatoms. The van der Waals surface area contributed by atoms with Crippen molar-refractivity contribution in [3.63, 3.8) is 0 Å². The molecule has 0 saturated heterocycles. The number of anilines is 2. The molecule has 1 aromatic heterocycles. The molecule has 1 heterocycles. The fourth-order valence-corrected chi connectivity index (χ4v) is 0.895. The molecule has 0 radical (unpaired) electrons. The summed E-state index contributed by atoms with van der Waals surface area (Å²) in [6.45, 7) is 0. The second kappa shape index (κ2) is 2.94. The Balaban J connectivity index is 3.09. The van der Waals surface area contributed by atoms with Crippen LogP contribution in [0.5, 0.6) is 0 Å². The monoisotopic (exact) mass is 172 g/mol. The number of aromatic nitrogens is 1. The third-order valence-corrected chi connectivity index (χ3v) is 1.46. The molecule has 4 nitrogen and oxygen atoms in total. The van der Waals surface area contributed by atoms with Gasteiger partial charge in [-0.05, 0) is 12.1 Å². The molecule has 0 spiro atoms. The molecule has 0 fully saturated rings. The molecule has 0 amide bonds. The van der Waals surface area contributed by atoms with Crippen molar-refractivity contribution in [3.8, 4) is 0 Å². The van der Waals surface area contributed by atoms with E-state index in [4.69, 9.17) is 23.2 Å². The quantitative estimate of drug-likeness (QED) is 0.370. The SMILES string of the molecule is CN(N)c1ccc(Cl)nc1N. The Labute approximate surface area is 69.7 Å². The summed E-state index contributed by atoms with van der Waals surface area (Å²) in [7, 11) is 1.68. The highest BCUT2D eigenvalue weighted by Crippen LogP contribution is 2.19. The smallest absolute Gasteiger partial charge is 0.150 e. The molecular weight excluding hydrogens is 164 g/mol. The van der Waals surface area contributed by atoms with Gasteiger partial charge in [0.25, 0.3) is 0 Å². The van der Waals surface area contributed by atoms with Crippen molar-refractivity contribution in [2.24, 2.45) is 5.84 Å². The first-order valence-corrected chi connectivity index (χ1v) is 3.39. The van der Waals surface area contributed by atoms with Gasteiger partial charge in [0, 0.05) is 7.05 Å². The van der Waals surface area contributed by atoms with Crippen molar-refractivity contribution in [3.05, 3.63) is 17.3 Å². The van der Waals surface area contributed by atoms with Crippen molar-refractivity contribution < 1.29 is 0 Å². The van der Waals surface area contributed by atoms with Gasteiger partial charge in [0.1, 0.15) is 11.0 Å². The van der Waals surface area contributed by atoms with Gasteiger partial charge in [0.2, 0.25) is 0 Å². The van der Waals surface area contributed by atoms with Crippen LogP contribution < -0.4 is 16.6 Å². The van der Waals surface area contributed by atoms with Gasteiger partial charge in [-0.1, -0.05) is 11.6 Å². The molecule has 60 valence electrons. The largest absolute Gasteiger partial charge is 0.382 e. The van der Waals surface area contributed by atoms with Crippen LogP contribution in [-0.4, -0.2) is 12.0 Å². The molecule has 0 aliphatic heterocycles. The van der Waals surface area contributed by atoms with Crippen molar-refractivity contribution in [2.75, 3.05) is 17.8 Å². The highest BCUT2D eigenvalue weighted by Gasteiger charge is 2.02. The molecule has 0 aliphatic rings. The second-order valence-electron chi connectivity index (χ2n) is 2.15. The van der Waals surface area contributed by atoms with Crippen LogP contribution in [0, 0.1) is 0 Å². The lowest BCUT2D eigenvalue weighted by Gasteiger charge is -2.13. The number of hydrazine groups is 1. The Kier molecular flexibility index (Phi) is 2.16. The molecule has 0 saturated carbocycles. The van der Waals surface area contributed by atoms with Crippen LogP contribution in [0.4, 0.5) is 11.5 Å². The van der Waals surface area contributed by atoms with Crippen molar-refractivity contribution >= 4 is 23.1 Å². The Bertz CT molecular complexity index is 261. The van der Waals surface area contributed by atoms with Crippen LogP contribution in [0.15, 0.2) is 12.1 Å². The van der Waals surface area contributed by atoms with Crippen molar-refractivity contribution in [2.45, 2.75) is 0 Å². The first-order valence-electron chi connectivity index (χ1n) is 3.01. The maximum absolute atomic E-state index is 5.57. The summed E-state index contributed by atoms with van der Waals surface area (Å²) in [5, 5.41) is 1.76. The van der Waals surface area contributed by atoms with Gasteiger partial charge in [-0.25, -0.2) is 10.8 Å². The molecule has 0 aromatic carbocycles. The lowest BCUT2D eigenvalue weighted by Crippen LogP contribution is -2.26. The van der Waals surface area contributed by atoms with E-state index in [0.717, 1.165) is 0 Å². The van der Waals surface area contributed by atoms with E-state index in [9.17, 15) is 0 Å². The van der Waals surface area contributed by atoms with Gasteiger partial charge >= 0.3 is 0 Å². The molecule has 1 aromatic rings. The number of nitrogens with zero attached hydrogens (tertiary/aromatic N) is 2. The molecule has 0 unspecified atom stereocenters. The van der Waals surface area contributed by atoms with E-state index in [1.807, 2.05) is 0 Å². The number of hydrogen-bond acceptors (Lipinski definition) is 4. The number of nitrogen functional groups attached to an aromatic ring is 1. The van der Waals surface area contributed by atoms with Gasteiger partial charge in [0.05, 0.1) is 5.69 Å². The second-order valence-corrected chi connectivity index (χ2v) is 2.54. The Hall–Kier alpha value is -1.00. The molecular formula is C6H9ClN4. The molecule has 0 bridgehead atoms. The standard InChI is InChI=1S/C6H9ClN4/c1-11(9)4-2-3-5(7)10-6(4)8/h2-3H,9H2,1H3,(H2,8,10). The van der Waals surface area contributed by atoms with E-state index in [1.54, 1.807) is 19.2 Å². The summed E-state index contributed by atoms with van der Waals surface area (Å²) in [5.74, 6) is 5.77. The zero-order valence-corrected chi connectivity index (χ0v) is 6.84. The van der Waals surface area contributed by atoms with E-state index in [2.05, 4.69) is 4.98 Å². The minimum Gasteiger partial charge on any atom is -0.382 e. The first-order chi connectivity index (χ1) is 5.11. The van der Waals surface area contributed by atoms with Crippen molar-refractivity contribution in [1.29, 1.82) is 0 Å². The first kappa shape index (κ1) is 8.10. The number of rotatable bonds is 1. The number of hydrogen-bond donors (Lipinski definition) is 2. The summed E-state index contributed by atoms with van der Waals surface area (Å²) in [6, 6.07) is 3.35. The Morgan fingerprint density at radius 1 is 1.55 bits per heavy atom. The van der Waals surface area contributed by atoms with Gasteiger partial charge in [-0.15, -0.1) is 0 Å². The normalized spacial score (nSPS) is 9.73. The van der Waals surface area contributed by atoms with Gasteiger partial charge in [-0.2, -0.15) is 0 Å². The maximum atomic E-state index is 5.57. The summed E-state index contributed by atoms with van der Waals surface area (Å²) in [6.07, 6.45) is 0. The van der Waals surface area contributed by atoms with Crippen LogP contribution >= 0.6 is 11.6 Å². The van der Waals surface area contributed by atoms with E-state index in [1.165, 1.54) is 5.01 Å². The van der Waals surface area contributed by atoms with E-state index >= 15 is 0 Å². The lowest BCUT2D eigenvalue weighted by molar-refractivity contribution is 1.01. The molecule has 11 heavy (non-hydrogen) atoms. The molecule has 0 aliphatic carbocycles. The summed E-state index contributed by atoms with van der Waals surface area (Å²) < 4.78 is 0. The minimum atomic E-state index is 0.336. The number of pyridine rings is 1. The van der Waals surface area contributed by atoms with Crippen LogP contribution in [-0.2, 0) is 0 Å². The highest BCUT2D eigenvalue weighted by atomic mass is 35.5. The van der Waals surface area contributed by atoms with E-state index in [-0.39, 0.29) is 0 Å². The summed E-state index contributed by atoms with van der Waals surface area (Å²) >= 11 is 5.57. The fourth-order valence-electron chi connectivity index (χ4n) is 0.741. The topological polar surface area (TPSA) is 68.2 Å².